The number of hydrogen-bond acceptors (Lipinski definition) is 2. The van der Waals surface area contributed by atoms with Gasteiger partial charge in [-0.1, -0.05) is 19.1 Å². The first-order valence-corrected chi connectivity index (χ1v) is 9.36. The Balaban J connectivity index is 1.90. The molecule has 0 saturated heterocycles. The zero-order valence-electron chi connectivity index (χ0n) is 15.4. The Bertz CT molecular complexity index is 914. The Kier molecular flexibility index (Phi) is 4.03. The third kappa shape index (κ3) is 2.82. The first-order chi connectivity index (χ1) is 12.0. The van der Waals surface area contributed by atoms with Crippen molar-refractivity contribution in [3.63, 3.8) is 0 Å². The second-order valence-electron chi connectivity index (χ2n) is 7.79. The van der Waals surface area contributed by atoms with Crippen molar-refractivity contribution in [1.82, 2.24) is 9.55 Å². The summed E-state index contributed by atoms with van der Waals surface area (Å²) in [5.74, 6) is 0.861. The Morgan fingerprint density at radius 1 is 1.04 bits per heavy atom. The van der Waals surface area contributed by atoms with Crippen molar-refractivity contribution in [2.45, 2.75) is 52.5 Å². The molecule has 4 rings (SSSR count). The molecule has 3 aromatic rings. The van der Waals surface area contributed by atoms with E-state index in [4.69, 9.17) is 5.73 Å². The highest BCUT2D eigenvalue weighted by Crippen LogP contribution is 2.39. The van der Waals surface area contributed by atoms with E-state index in [1.807, 2.05) is 6.20 Å². The van der Waals surface area contributed by atoms with Crippen LogP contribution in [0.15, 0.2) is 36.8 Å². The van der Waals surface area contributed by atoms with Crippen molar-refractivity contribution in [1.29, 1.82) is 0 Å². The molecule has 1 fully saturated rings. The molecule has 2 heterocycles. The number of nitrogens with two attached hydrogens (primary N) is 1. The Hall–Kier alpha value is -2.29. The van der Waals surface area contributed by atoms with Gasteiger partial charge < -0.3 is 10.3 Å². The van der Waals surface area contributed by atoms with Gasteiger partial charge in [0.2, 0.25) is 0 Å². The quantitative estimate of drug-likeness (QED) is 0.658. The molecule has 3 heteroatoms. The summed E-state index contributed by atoms with van der Waals surface area (Å²) in [4.78, 5) is 4.34. The SMILES string of the molecule is Cc1ccc2c(-c3cncc(N)c3C)cn(C3CCC(C)CC3)c2c1. The van der Waals surface area contributed by atoms with Gasteiger partial charge in [0.15, 0.2) is 0 Å². The van der Waals surface area contributed by atoms with Gasteiger partial charge in [0.25, 0.3) is 0 Å². The van der Waals surface area contributed by atoms with Gasteiger partial charge in [-0.25, -0.2) is 0 Å². The largest absolute Gasteiger partial charge is 0.397 e. The smallest absolute Gasteiger partial charge is 0.0536 e. The first kappa shape index (κ1) is 16.2. The van der Waals surface area contributed by atoms with E-state index < -0.39 is 0 Å². The van der Waals surface area contributed by atoms with Crippen LogP contribution in [0.3, 0.4) is 0 Å². The van der Waals surface area contributed by atoms with E-state index in [2.05, 4.69) is 54.7 Å². The average molecular weight is 333 g/mol. The number of nitrogens with zero attached hydrogens (tertiary/aromatic N) is 2. The molecule has 0 spiro atoms. The number of aryl methyl sites for hydroxylation is 1. The van der Waals surface area contributed by atoms with Crippen molar-refractivity contribution in [3.8, 4) is 11.1 Å². The first-order valence-electron chi connectivity index (χ1n) is 9.36. The lowest BCUT2D eigenvalue weighted by Crippen LogP contribution is -2.16. The van der Waals surface area contributed by atoms with E-state index in [-0.39, 0.29) is 0 Å². The lowest BCUT2D eigenvalue weighted by Gasteiger charge is -2.28. The van der Waals surface area contributed by atoms with Crippen LogP contribution in [0.25, 0.3) is 22.0 Å². The topological polar surface area (TPSA) is 43.8 Å². The Morgan fingerprint density at radius 2 is 1.80 bits per heavy atom. The van der Waals surface area contributed by atoms with E-state index in [1.54, 1.807) is 6.20 Å². The summed E-state index contributed by atoms with van der Waals surface area (Å²) in [6.07, 6.45) is 11.2. The van der Waals surface area contributed by atoms with Gasteiger partial charge in [-0.3, -0.25) is 4.98 Å². The highest BCUT2D eigenvalue weighted by atomic mass is 15.0. The number of anilines is 1. The van der Waals surface area contributed by atoms with E-state index in [0.717, 1.165) is 22.7 Å². The summed E-state index contributed by atoms with van der Waals surface area (Å²) in [6.45, 7) is 6.64. The van der Waals surface area contributed by atoms with Crippen LogP contribution < -0.4 is 5.73 Å². The number of pyridine rings is 1. The maximum Gasteiger partial charge on any atom is 0.0536 e. The van der Waals surface area contributed by atoms with Crippen LogP contribution in [0.5, 0.6) is 0 Å². The van der Waals surface area contributed by atoms with Gasteiger partial charge in [-0.15, -0.1) is 0 Å². The van der Waals surface area contributed by atoms with Crippen molar-refractivity contribution in [2.75, 3.05) is 5.73 Å². The van der Waals surface area contributed by atoms with Crippen molar-refractivity contribution >= 4 is 16.6 Å². The summed E-state index contributed by atoms with van der Waals surface area (Å²) in [6, 6.07) is 7.38. The van der Waals surface area contributed by atoms with Gasteiger partial charge in [0.05, 0.1) is 11.9 Å². The van der Waals surface area contributed by atoms with E-state index >= 15 is 0 Å². The number of fused-ring (bicyclic) bond motifs is 1. The standard InChI is InChI=1S/C22H27N3/c1-14-4-7-17(8-5-14)25-13-20(18-9-6-15(2)10-22(18)25)19-11-24-12-21(23)16(19)3/h6,9-14,17H,4-5,7-8,23H2,1-3H3. The predicted octanol–water partition coefficient (Wildman–Crippen LogP) is 5.65. The molecule has 1 aliphatic rings. The lowest BCUT2D eigenvalue weighted by molar-refractivity contribution is 0.294. The molecule has 1 aromatic carbocycles. The molecule has 25 heavy (non-hydrogen) atoms. The number of hydrogen-bond donors (Lipinski definition) is 1. The number of rotatable bonds is 2. The normalized spacial score (nSPS) is 20.9. The van der Waals surface area contributed by atoms with Gasteiger partial charge in [0, 0.05) is 40.5 Å². The van der Waals surface area contributed by atoms with E-state index in [1.165, 1.54) is 47.7 Å². The number of aromatic nitrogens is 2. The highest BCUT2D eigenvalue weighted by Gasteiger charge is 2.23. The third-order valence-corrected chi connectivity index (χ3v) is 5.91. The molecule has 2 N–H and O–H groups in total. The minimum absolute atomic E-state index is 0.601. The molecule has 1 aliphatic carbocycles. The van der Waals surface area contributed by atoms with Gasteiger partial charge in [-0.2, -0.15) is 0 Å². The highest BCUT2D eigenvalue weighted by molar-refractivity contribution is 5.97. The van der Waals surface area contributed by atoms with Crippen molar-refractivity contribution < 1.29 is 0 Å². The molecule has 0 bridgehead atoms. The minimum Gasteiger partial charge on any atom is -0.397 e. The molecule has 0 unspecified atom stereocenters. The van der Waals surface area contributed by atoms with Gasteiger partial charge >= 0.3 is 0 Å². The summed E-state index contributed by atoms with van der Waals surface area (Å²) in [5, 5.41) is 1.31. The molecule has 0 aliphatic heterocycles. The zero-order valence-corrected chi connectivity index (χ0v) is 15.4. The fourth-order valence-electron chi connectivity index (χ4n) is 4.21. The van der Waals surface area contributed by atoms with Gasteiger partial charge in [-0.05, 0) is 62.6 Å². The fourth-order valence-corrected chi connectivity index (χ4v) is 4.21. The van der Waals surface area contributed by atoms with Crippen LogP contribution in [-0.2, 0) is 0 Å². The van der Waals surface area contributed by atoms with Crippen LogP contribution in [0.2, 0.25) is 0 Å². The molecular weight excluding hydrogens is 306 g/mol. The summed E-state index contributed by atoms with van der Waals surface area (Å²) in [5.41, 5.74) is 13.1. The molecule has 0 radical (unpaired) electrons. The van der Waals surface area contributed by atoms with Crippen LogP contribution in [-0.4, -0.2) is 9.55 Å². The maximum absolute atomic E-state index is 6.12. The summed E-state index contributed by atoms with van der Waals surface area (Å²) in [7, 11) is 0. The maximum atomic E-state index is 6.12. The molecule has 2 aromatic heterocycles. The zero-order chi connectivity index (χ0) is 17.6. The molecular formula is C22H27N3. The monoisotopic (exact) mass is 333 g/mol. The number of benzene rings is 1. The molecule has 0 atom stereocenters. The van der Waals surface area contributed by atoms with Crippen LogP contribution >= 0.6 is 0 Å². The fraction of sp³-hybridized carbons (Fsp3) is 0.409. The second-order valence-corrected chi connectivity index (χ2v) is 7.79. The molecule has 0 amide bonds. The lowest BCUT2D eigenvalue weighted by atomic mass is 9.87. The summed E-state index contributed by atoms with van der Waals surface area (Å²) >= 11 is 0. The Labute approximate surface area is 149 Å². The van der Waals surface area contributed by atoms with E-state index in [9.17, 15) is 0 Å². The number of nitrogen functional groups attached to an aromatic ring is 1. The van der Waals surface area contributed by atoms with Crippen LogP contribution in [0, 0.1) is 19.8 Å². The molecule has 3 nitrogen and oxygen atoms in total. The minimum atomic E-state index is 0.601. The van der Waals surface area contributed by atoms with Crippen LogP contribution in [0.4, 0.5) is 5.69 Å². The van der Waals surface area contributed by atoms with Gasteiger partial charge in [0.1, 0.15) is 0 Å². The second kappa shape index (κ2) is 6.21. The Morgan fingerprint density at radius 3 is 2.56 bits per heavy atom. The van der Waals surface area contributed by atoms with Crippen molar-refractivity contribution in [2.24, 2.45) is 5.92 Å². The molecule has 1 saturated carbocycles. The van der Waals surface area contributed by atoms with Crippen LogP contribution in [0.1, 0.15) is 49.8 Å². The average Bonchev–Trinajstić information content (AvgIpc) is 2.96. The summed E-state index contributed by atoms with van der Waals surface area (Å²) < 4.78 is 2.52. The third-order valence-electron chi connectivity index (χ3n) is 5.91. The molecule has 130 valence electrons. The van der Waals surface area contributed by atoms with E-state index in [0.29, 0.717) is 6.04 Å². The predicted molar refractivity (Wildman–Crippen MR) is 106 cm³/mol. The van der Waals surface area contributed by atoms with Crippen molar-refractivity contribution in [3.05, 3.63) is 47.9 Å².